The smallest absolute Gasteiger partial charge is 0.169 e. The highest BCUT2D eigenvalue weighted by Gasteiger charge is 2.30. The number of nitrogens with zero attached hydrogens (tertiary/aromatic N) is 2. The Morgan fingerprint density at radius 3 is 1.07 bits per heavy atom. The van der Waals surface area contributed by atoms with Gasteiger partial charge < -0.3 is 58.2 Å². The maximum Gasteiger partial charge on any atom is 0.169 e. The van der Waals surface area contributed by atoms with Crippen LogP contribution in [0.5, 0.6) is 0 Å². The molecule has 0 aliphatic rings. The first kappa shape index (κ1) is 40.7. The van der Waals surface area contributed by atoms with Gasteiger partial charge in [0.25, 0.3) is 0 Å². The van der Waals surface area contributed by atoms with Crippen molar-refractivity contribution in [3.8, 4) is 0 Å². The molecule has 2 aromatic heterocycles. The van der Waals surface area contributed by atoms with Gasteiger partial charge in [-0.05, 0) is 36.8 Å². The Kier molecular flexibility index (Phi) is 25.9. The van der Waals surface area contributed by atoms with Gasteiger partial charge in [-0.25, -0.2) is 9.13 Å². The second-order valence-corrected chi connectivity index (χ2v) is 12.0. The number of aliphatic hydroxyl groups excluding tert-OH is 2. The third-order valence-electron chi connectivity index (χ3n) is 8.29. The number of unbranched alkanes of at least 4 members (excludes halogenated alkanes) is 14. The molecule has 2 aromatic rings. The van der Waals surface area contributed by atoms with E-state index in [9.17, 15) is 10.2 Å². The summed E-state index contributed by atoms with van der Waals surface area (Å²) < 4.78 is 4.53. The van der Waals surface area contributed by atoms with Crippen LogP contribution in [0.3, 0.4) is 0 Å². The van der Waals surface area contributed by atoms with Crippen molar-refractivity contribution < 1.29 is 67.3 Å². The summed E-state index contributed by atoms with van der Waals surface area (Å²) in [6.45, 7) is 6.61. The van der Waals surface area contributed by atoms with E-state index in [0.717, 1.165) is 13.1 Å². The Balaban J connectivity index is 0.00000800. The van der Waals surface area contributed by atoms with Crippen LogP contribution < -0.4 is 57.1 Å². The first-order valence-corrected chi connectivity index (χ1v) is 16.3. The van der Waals surface area contributed by atoms with E-state index < -0.39 is 5.41 Å². The molecule has 0 bridgehead atoms. The summed E-state index contributed by atoms with van der Waals surface area (Å²) in [4.78, 5) is 0. The Labute approximate surface area is 286 Å². The molecule has 4 nitrogen and oxygen atoms in total. The lowest BCUT2D eigenvalue weighted by Gasteiger charge is -2.29. The summed E-state index contributed by atoms with van der Waals surface area (Å²) in [5.74, 6) is 0. The van der Waals surface area contributed by atoms with E-state index in [1.165, 1.54) is 114 Å². The summed E-state index contributed by atoms with van der Waals surface area (Å²) in [6, 6.07) is 8.64. The van der Waals surface area contributed by atoms with Crippen LogP contribution in [0.4, 0.5) is 0 Å². The first-order chi connectivity index (χ1) is 19.1. The fraction of sp³-hybridized carbons (Fsp3) is 0.714. The van der Waals surface area contributed by atoms with Crippen LogP contribution in [0.15, 0.2) is 49.1 Å². The fourth-order valence-electron chi connectivity index (χ4n) is 5.57. The minimum atomic E-state index is -0.548. The molecule has 2 rings (SSSR count). The van der Waals surface area contributed by atoms with Crippen molar-refractivity contribution in [2.24, 2.45) is 5.41 Å². The number of aliphatic hydroxyl groups is 2. The number of pyridine rings is 2. The van der Waals surface area contributed by atoms with Gasteiger partial charge in [-0.2, -0.15) is 0 Å². The van der Waals surface area contributed by atoms with E-state index in [2.05, 4.69) is 72.0 Å². The summed E-state index contributed by atoms with van der Waals surface area (Å²) in [6.07, 6.45) is 31.4. The van der Waals surface area contributed by atoms with Gasteiger partial charge in [-0.1, -0.05) is 90.9 Å². The van der Waals surface area contributed by atoms with Crippen LogP contribution in [0.1, 0.15) is 128 Å². The minimum absolute atomic E-state index is 0. The number of halogens is 2. The molecule has 0 saturated heterocycles. The second-order valence-electron chi connectivity index (χ2n) is 12.0. The quantitative estimate of drug-likeness (QED) is 0.0959. The highest BCUT2D eigenvalue weighted by molar-refractivity contribution is 5.16. The monoisotopic (exact) mass is 794 g/mol. The van der Waals surface area contributed by atoms with Crippen LogP contribution >= 0.6 is 0 Å². The summed E-state index contributed by atoms with van der Waals surface area (Å²) >= 11 is 0. The van der Waals surface area contributed by atoms with E-state index in [1.807, 2.05) is 0 Å². The molecule has 41 heavy (non-hydrogen) atoms. The van der Waals surface area contributed by atoms with E-state index in [4.69, 9.17) is 0 Å². The van der Waals surface area contributed by atoms with Crippen LogP contribution in [-0.4, -0.2) is 23.4 Å². The number of aromatic nitrogens is 2. The summed E-state index contributed by atoms with van der Waals surface area (Å²) in [5, 5.41) is 20.6. The summed E-state index contributed by atoms with van der Waals surface area (Å²) in [5.41, 5.74) is 1.80. The predicted molar refractivity (Wildman–Crippen MR) is 163 cm³/mol. The minimum Gasteiger partial charge on any atom is -1.00 e. The molecule has 2 N–H and O–H groups in total. The molecule has 0 aliphatic carbocycles. The van der Waals surface area contributed by atoms with E-state index in [0.29, 0.717) is 12.8 Å². The number of hydrogen-bond donors (Lipinski definition) is 2. The molecular formula is C35H60I2N2O2. The standard InChI is InChI=1S/C35H60N2O2.2HI/c1-3-5-7-9-11-13-15-17-23-36-25-19-33(20-26-36)29-35(31-38,32-39)30-34-21-27-37(28-22-34)24-18-16-14-12-10-8-6-4-2;;/h19-22,25-28,38-39H,3-18,23-24,29-32H2,1-2H3;2*1H/q+2;;/p-2. The van der Waals surface area contributed by atoms with Gasteiger partial charge in [0.15, 0.2) is 24.8 Å². The van der Waals surface area contributed by atoms with Crippen LogP contribution in [0.2, 0.25) is 0 Å². The van der Waals surface area contributed by atoms with Crippen molar-refractivity contribution in [1.29, 1.82) is 0 Å². The van der Waals surface area contributed by atoms with Crippen molar-refractivity contribution in [2.75, 3.05) is 13.2 Å². The third kappa shape index (κ3) is 18.2. The SMILES string of the molecule is CCCCCCCCCC[n+]1ccc(CC(CO)(CO)Cc2cc[n+](CCCCCCCCCC)cc2)cc1.[I-].[I-]. The molecule has 0 aliphatic heterocycles. The zero-order chi connectivity index (χ0) is 28.0. The molecule has 0 saturated carbocycles. The van der Waals surface area contributed by atoms with Crippen molar-refractivity contribution >= 4 is 0 Å². The van der Waals surface area contributed by atoms with Gasteiger partial charge in [0.05, 0.1) is 13.2 Å². The molecule has 0 radical (unpaired) electrons. The number of hydrogen-bond acceptors (Lipinski definition) is 2. The fourth-order valence-corrected chi connectivity index (χ4v) is 5.57. The van der Waals surface area contributed by atoms with Gasteiger partial charge in [-0.3, -0.25) is 0 Å². The van der Waals surface area contributed by atoms with Crippen molar-refractivity contribution in [3.05, 3.63) is 60.2 Å². The molecule has 0 unspecified atom stereocenters. The Morgan fingerprint density at radius 1 is 0.488 bits per heavy atom. The predicted octanol–water partition coefficient (Wildman–Crippen LogP) is 1.31. The van der Waals surface area contributed by atoms with Crippen LogP contribution in [0.25, 0.3) is 0 Å². The van der Waals surface area contributed by atoms with Crippen molar-refractivity contribution in [1.82, 2.24) is 0 Å². The average molecular weight is 795 g/mol. The highest BCUT2D eigenvalue weighted by atomic mass is 127. The molecule has 6 heteroatoms. The van der Waals surface area contributed by atoms with Crippen LogP contribution in [-0.2, 0) is 25.9 Å². The molecule has 0 fully saturated rings. The summed E-state index contributed by atoms with van der Waals surface area (Å²) in [7, 11) is 0. The van der Waals surface area contributed by atoms with Gasteiger partial charge in [0.2, 0.25) is 0 Å². The maximum absolute atomic E-state index is 10.3. The second kappa shape index (κ2) is 26.1. The largest absolute Gasteiger partial charge is 1.00 e. The first-order valence-electron chi connectivity index (χ1n) is 16.3. The van der Waals surface area contributed by atoms with Gasteiger partial charge in [0.1, 0.15) is 13.1 Å². The molecule has 0 aromatic carbocycles. The number of aryl methyl sites for hydroxylation is 2. The molecule has 0 amide bonds. The van der Waals surface area contributed by atoms with E-state index >= 15 is 0 Å². The van der Waals surface area contributed by atoms with Gasteiger partial charge >= 0.3 is 0 Å². The van der Waals surface area contributed by atoms with E-state index in [1.54, 1.807) is 0 Å². The van der Waals surface area contributed by atoms with Gasteiger partial charge in [0, 0.05) is 42.5 Å². The van der Waals surface area contributed by atoms with E-state index in [-0.39, 0.29) is 61.2 Å². The Bertz CT molecular complexity index is 775. The maximum atomic E-state index is 10.3. The Morgan fingerprint density at radius 2 is 0.780 bits per heavy atom. The average Bonchev–Trinajstić information content (AvgIpc) is 2.97. The number of rotatable bonds is 24. The molecule has 236 valence electrons. The van der Waals surface area contributed by atoms with Crippen LogP contribution in [0, 0.1) is 5.41 Å². The molecule has 0 atom stereocenters. The lowest BCUT2D eigenvalue weighted by molar-refractivity contribution is -0.697. The topological polar surface area (TPSA) is 48.2 Å². The lowest BCUT2D eigenvalue weighted by Crippen LogP contribution is -3.00. The van der Waals surface area contributed by atoms with Crippen molar-refractivity contribution in [2.45, 2.75) is 143 Å². The third-order valence-corrected chi connectivity index (χ3v) is 8.29. The molecular weight excluding hydrogens is 734 g/mol. The van der Waals surface area contributed by atoms with Gasteiger partial charge in [-0.15, -0.1) is 0 Å². The Hall–Kier alpha value is -0.320. The zero-order valence-corrected chi connectivity index (χ0v) is 30.5. The molecule has 0 spiro atoms. The normalized spacial score (nSPS) is 11.2. The highest BCUT2D eigenvalue weighted by Crippen LogP contribution is 2.27. The van der Waals surface area contributed by atoms with Crippen molar-refractivity contribution in [3.63, 3.8) is 0 Å². The molecule has 2 heterocycles. The lowest BCUT2D eigenvalue weighted by atomic mass is 9.78. The zero-order valence-electron chi connectivity index (χ0n) is 26.2.